The van der Waals surface area contributed by atoms with Crippen LogP contribution in [0.15, 0.2) is 24.3 Å². The molecule has 1 heterocycles. The van der Waals surface area contributed by atoms with Crippen molar-refractivity contribution in [2.45, 2.75) is 35.6 Å². The van der Waals surface area contributed by atoms with Gasteiger partial charge in [-0.05, 0) is 17.7 Å². The van der Waals surface area contributed by atoms with E-state index in [0.29, 0.717) is 11.4 Å². The third kappa shape index (κ3) is 3.43. The van der Waals surface area contributed by atoms with Gasteiger partial charge in [0.15, 0.2) is 0 Å². The van der Waals surface area contributed by atoms with Crippen LogP contribution in [0.1, 0.15) is 5.56 Å². The van der Waals surface area contributed by atoms with Crippen molar-refractivity contribution in [1.82, 2.24) is 0 Å². The van der Waals surface area contributed by atoms with E-state index >= 15 is 0 Å². The monoisotopic (exact) mass is 301 g/mol. The van der Waals surface area contributed by atoms with Gasteiger partial charge in [0.2, 0.25) is 0 Å². The van der Waals surface area contributed by atoms with Crippen molar-refractivity contribution in [3.63, 3.8) is 0 Å². The Balaban J connectivity index is 1.95. The summed E-state index contributed by atoms with van der Waals surface area (Å²) in [5.74, 6) is 0.559. The number of aliphatic hydroxyl groups excluding tert-OH is 4. The number of hydrogen-bond donors (Lipinski definition) is 5. The van der Waals surface area contributed by atoms with E-state index in [2.05, 4.69) is 0 Å². The molecule has 0 bridgehead atoms. The Morgan fingerprint density at radius 3 is 2.30 bits per heavy atom. The topological polar surface area (TPSA) is 116 Å². The first-order valence-corrected chi connectivity index (χ1v) is 7.34. The van der Waals surface area contributed by atoms with Crippen molar-refractivity contribution in [2.75, 3.05) is 12.3 Å². The minimum Gasteiger partial charge on any atom is -0.399 e. The van der Waals surface area contributed by atoms with Crippen LogP contribution in [0.3, 0.4) is 0 Å². The number of nitrogens with two attached hydrogens (primary N) is 1. The van der Waals surface area contributed by atoms with Gasteiger partial charge in [0.25, 0.3) is 0 Å². The smallest absolute Gasteiger partial charge is 0.132 e. The Morgan fingerprint density at radius 2 is 1.70 bits per heavy atom. The van der Waals surface area contributed by atoms with Crippen LogP contribution < -0.4 is 5.73 Å². The second-order valence-corrected chi connectivity index (χ2v) is 5.84. The zero-order valence-corrected chi connectivity index (χ0v) is 11.6. The van der Waals surface area contributed by atoms with E-state index in [4.69, 9.17) is 15.6 Å². The maximum atomic E-state index is 9.89. The third-order valence-electron chi connectivity index (χ3n) is 3.24. The van der Waals surface area contributed by atoms with Gasteiger partial charge in [-0.3, -0.25) is 0 Å². The minimum atomic E-state index is -1.33. The summed E-state index contributed by atoms with van der Waals surface area (Å²) in [6, 6.07) is 7.30. The lowest BCUT2D eigenvalue weighted by Gasteiger charge is -2.39. The molecule has 1 aromatic rings. The molecule has 0 aromatic heterocycles. The zero-order chi connectivity index (χ0) is 14.7. The molecular weight excluding hydrogens is 282 g/mol. The standard InChI is InChI=1S/C13H19NO5S/c14-8-3-1-7(2-4-8)6-20-13-12(18)11(17)10(16)9(5-15)19-13/h1-4,9-13,15-18H,5-6,14H2/t9?,10-,11-,12?,13-/m0/s1. The molecule has 1 aliphatic heterocycles. The summed E-state index contributed by atoms with van der Waals surface area (Å²) in [7, 11) is 0. The normalized spacial score (nSPS) is 34.1. The average Bonchev–Trinajstić information content (AvgIpc) is 2.46. The number of aliphatic hydroxyl groups is 4. The molecule has 0 spiro atoms. The fourth-order valence-electron chi connectivity index (χ4n) is 2.00. The zero-order valence-electron chi connectivity index (χ0n) is 10.8. The maximum absolute atomic E-state index is 9.89. The van der Waals surface area contributed by atoms with Gasteiger partial charge in [-0.1, -0.05) is 12.1 Å². The molecule has 5 atom stereocenters. The number of anilines is 1. The van der Waals surface area contributed by atoms with Crippen LogP contribution in [-0.4, -0.2) is 56.9 Å². The summed E-state index contributed by atoms with van der Waals surface area (Å²) in [6.07, 6.45) is -4.71. The predicted molar refractivity (Wildman–Crippen MR) is 75.9 cm³/mol. The highest BCUT2D eigenvalue weighted by molar-refractivity contribution is 7.99. The van der Waals surface area contributed by atoms with Crippen molar-refractivity contribution in [3.05, 3.63) is 29.8 Å². The SMILES string of the molecule is Nc1ccc(CS[C@@H]2OC(CO)[C@H](O)[C@H](O)C2O)cc1. The molecule has 6 N–H and O–H groups in total. The van der Waals surface area contributed by atoms with Gasteiger partial charge < -0.3 is 30.9 Å². The fraction of sp³-hybridized carbons (Fsp3) is 0.538. The minimum absolute atomic E-state index is 0.413. The molecule has 0 amide bonds. The summed E-state index contributed by atoms with van der Waals surface area (Å²) in [5, 5.41) is 38.3. The number of nitrogen functional groups attached to an aromatic ring is 1. The molecule has 1 aromatic carbocycles. The molecule has 1 aliphatic rings. The van der Waals surface area contributed by atoms with Gasteiger partial charge in [-0.15, -0.1) is 11.8 Å². The Kier molecular flexibility index (Phi) is 5.25. The summed E-state index contributed by atoms with van der Waals surface area (Å²) in [6.45, 7) is -0.413. The average molecular weight is 301 g/mol. The molecule has 0 saturated carbocycles. The molecule has 1 saturated heterocycles. The number of hydrogen-bond acceptors (Lipinski definition) is 7. The van der Waals surface area contributed by atoms with E-state index in [0.717, 1.165) is 5.56 Å². The quantitative estimate of drug-likeness (QED) is 0.467. The second-order valence-electron chi connectivity index (χ2n) is 4.75. The lowest BCUT2D eigenvalue weighted by atomic mass is 10.0. The van der Waals surface area contributed by atoms with Crippen LogP contribution in [0.2, 0.25) is 0 Å². The number of ether oxygens (including phenoxy) is 1. The number of benzene rings is 1. The van der Waals surface area contributed by atoms with Crippen molar-refractivity contribution in [2.24, 2.45) is 0 Å². The molecular formula is C13H19NO5S. The number of rotatable bonds is 4. The predicted octanol–water partition coefficient (Wildman–Crippen LogP) is -0.698. The van der Waals surface area contributed by atoms with Gasteiger partial charge in [-0.2, -0.15) is 0 Å². The van der Waals surface area contributed by atoms with Crippen molar-refractivity contribution in [1.29, 1.82) is 0 Å². The van der Waals surface area contributed by atoms with E-state index in [-0.39, 0.29) is 0 Å². The number of thioether (sulfide) groups is 1. The Labute approximate surface area is 121 Å². The first-order valence-electron chi connectivity index (χ1n) is 6.29. The van der Waals surface area contributed by atoms with Gasteiger partial charge in [0.1, 0.15) is 29.9 Å². The van der Waals surface area contributed by atoms with Crippen molar-refractivity contribution in [3.8, 4) is 0 Å². The van der Waals surface area contributed by atoms with E-state index in [9.17, 15) is 15.3 Å². The van der Waals surface area contributed by atoms with Crippen LogP contribution in [0.4, 0.5) is 5.69 Å². The molecule has 7 heteroatoms. The molecule has 2 rings (SSSR count). The lowest BCUT2D eigenvalue weighted by molar-refractivity contribution is -0.205. The van der Waals surface area contributed by atoms with Crippen LogP contribution in [0.5, 0.6) is 0 Å². The highest BCUT2D eigenvalue weighted by Crippen LogP contribution is 2.30. The Bertz CT molecular complexity index is 427. The van der Waals surface area contributed by atoms with Gasteiger partial charge in [-0.25, -0.2) is 0 Å². The van der Waals surface area contributed by atoms with E-state index < -0.39 is 36.5 Å². The van der Waals surface area contributed by atoms with Gasteiger partial charge >= 0.3 is 0 Å². The highest BCUT2D eigenvalue weighted by atomic mass is 32.2. The molecule has 1 fully saturated rings. The fourth-order valence-corrected chi connectivity index (χ4v) is 3.13. The lowest BCUT2D eigenvalue weighted by Crippen LogP contribution is -2.57. The van der Waals surface area contributed by atoms with E-state index in [1.54, 1.807) is 12.1 Å². The van der Waals surface area contributed by atoms with Crippen LogP contribution in [0, 0.1) is 0 Å². The molecule has 0 aliphatic carbocycles. The summed E-state index contributed by atoms with van der Waals surface area (Å²) < 4.78 is 5.40. The maximum Gasteiger partial charge on any atom is 0.132 e. The third-order valence-corrected chi connectivity index (χ3v) is 4.46. The largest absolute Gasteiger partial charge is 0.399 e. The van der Waals surface area contributed by atoms with E-state index in [1.807, 2.05) is 12.1 Å². The molecule has 0 radical (unpaired) electrons. The van der Waals surface area contributed by atoms with Crippen LogP contribution in [-0.2, 0) is 10.5 Å². The van der Waals surface area contributed by atoms with Crippen molar-refractivity contribution < 1.29 is 25.2 Å². The summed E-state index contributed by atoms with van der Waals surface area (Å²) in [5.41, 5.74) is 6.57. The van der Waals surface area contributed by atoms with Crippen molar-refractivity contribution >= 4 is 17.4 Å². The molecule has 20 heavy (non-hydrogen) atoms. The van der Waals surface area contributed by atoms with Gasteiger partial charge in [0, 0.05) is 11.4 Å². The first kappa shape index (κ1) is 15.6. The first-order chi connectivity index (χ1) is 9.52. The summed E-state index contributed by atoms with van der Waals surface area (Å²) in [4.78, 5) is 0. The molecule has 2 unspecified atom stereocenters. The van der Waals surface area contributed by atoms with Crippen LogP contribution >= 0.6 is 11.8 Å². The van der Waals surface area contributed by atoms with Gasteiger partial charge in [0.05, 0.1) is 6.61 Å². The summed E-state index contributed by atoms with van der Waals surface area (Å²) >= 11 is 1.29. The molecule has 6 nitrogen and oxygen atoms in total. The Morgan fingerprint density at radius 1 is 1.05 bits per heavy atom. The van der Waals surface area contributed by atoms with E-state index in [1.165, 1.54) is 11.8 Å². The van der Waals surface area contributed by atoms with Crippen LogP contribution in [0.25, 0.3) is 0 Å². The highest BCUT2D eigenvalue weighted by Gasteiger charge is 2.43. The second kappa shape index (κ2) is 6.75. The molecule has 112 valence electrons. The Hall–Kier alpha value is -0.830.